The molecule has 1 aromatic rings. The molecule has 0 spiro atoms. The summed E-state index contributed by atoms with van der Waals surface area (Å²) in [5.41, 5.74) is 0.514. The minimum Gasteiger partial charge on any atom is -0.496 e. The van der Waals surface area contributed by atoms with Crippen LogP contribution in [0, 0.1) is 5.92 Å². The van der Waals surface area contributed by atoms with Crippen LogP contribution in [0.3, 0.4) is 0 Å². The Morgan fingerprint density at radius 1 is 1.42 bits per heavy atom. The molecule has 1 atom stereocenters. The minimum atomic E-state index is -0.0783. The topological polar surface area (TPSA) is 26.3 Å². The van der Waals surface area contributed by atoms with E-state index in [4.69, 9.17) is 4.74 Å². The van der Waals surface area contributed by atoms with Gasteiger partial charge < -0.3 is 4.74 Å². The fraction of sp³-hybridized carbons (Fsp3) is 0.188. The SMILES string of the molecule is COc1cccc(S)c1C(=O)C=CC1C=CC=CC1. The second kappa shape index (κ2) is 6.43. The molecule has 3 heteroatoms. The van der Waals surface area contributed by atoms with Crippen LogP contribution >= 0.6 is 12.6 Å². The van der Waals surface area contributed by atoms with E-state index in [1.807, 2.05) is 24.3 Å². The van der Waals surface area contributed by atoms with E-state index in [9.17, 15) is 4.79 Å². The van der Waals surface area contributed by atoms with Crippen LogP contribution in [-0.4, -0.2) is 12.9 Å². The van der Waals surface area contributed by atoms with Crippen molar-refractivity contribution in [3.05, 3.63) is 60.2 Å². The first-order chi connectivity index (χ1) is 9.22. The molecule has 0 saturated heterocycles. The van der Waals surface area contributed by atoms with Gasteiger partial charge in [-0.3, -0.25) is 4.79 Å². The van der Waals surface area contributed by atoms with Crippen molar-refractivity contribution < 1.29 is 9.53 Å². The standard InChI is InChI=1S/C16H16O2S/c1-18-14-8-5-9-15(19)16(14)13(17)11-10-12-6-3-2-4-7-12/h2-6,8-12,19H,7H2,1H3. The first-order valence-electron chi connectivity index (χ1n) is 6.14. The fourth-order valence-corrected chi connectivity index (χ4v) is 2.28. The molecule has 1 aromatic carbocycles. The van der Waals surface area contributed by atoms with Crippen molar-refractivity contribution in [1.29, 1.82) is 0 Å². The number of hydrogen-bond donors (Lipinski definition) is 1. The highest BCUT2D eigenvalue weighted by Crippen LogP contribution is 2.26. The van der Waals surface area contributed by atoms with Gasteiger partial charge in [0.05, 0.1) is 12.7 Å². The van der Waals surface area contributed by atoms with E-state index >= 15 is 0 Å². The molecule has 0 amide bonds. The van der Waals surface area contributed by atoms with Crippen LogP contribution in [-0.2, 0) is 0 Å². The number of thiol groups is 1. The number of ketones is 1. The average Bonchev–Trinajstić information content (AvgIpc) is 2.45. The maximum atomic E-state index is 12.2. The van der Waals surface area contributed by atoms with Gasteiger partial charge in [0.2, 0.25) is 0 Å². The van der Waals surface area contributed by atoms with Gasteiger partial charge in [0, 0.05) is 4.90 Å². The minimum absolute atomic E-state index is 0.0783. The molecule has 1 unspecified atom stereocenters. The van der Waals surface area contributed by atoms with Gasteiger partial charge in [-0.1, -0.05) is 36.4 Å². The van der Waals surface area contributed by atoms with Crippen LogP contribution in [0.25, 0.3) is 0 Å². The van der Waals surface area contributed by atoms with Crippen molar-refractivity contribution in [3.8, 4) is 5.75 Å². The van der Waals surface area contributed by atoms with Crippen LogP contribution in [0.15, 0.2) is 59.6 Å². The molecular weight excluding hydrogens is 256 g/mol. The third-order valence-electron chi connectivity index (χ3n) is 2.98. The maximum absolute atomic E-state index is 12.2. The summed E-state index contributed by atoms with van der Waals surface area (Å²) in [6.45, 7) is 0. The molecule has 1 aliphatic rings. The lowest BCUT2D eigenvalue weighted by atomic mass is 9.99. The third kappa shape index (κ3) is 3.38. The number of benzene rings is 1. The molecule has 1 aliphatic carbocycles. The fourth-order valence-electron chi connectivity index (χ4n) is 1.97. The Kier molecular flexibility index (Phi) is 4.63. The predicted octanol–water partition coefficient (Wildman–Crippen LogP) is 3.86. The lowest BCUT2D eigenvalue weighted by Gasteiger charge is -2.09. The monoisotopic (exact) mass is 272 g/mol. The number of carbonyl (C=O) groups excluding carboxylic acids is 1. The highest BCUT2D eigenvalue weighted by atomic mass is 32.1. The largest absolute Gasteiger partial charge is 0.496 e. The van der Waals surface area contributed by atoms with Crippen LogP contribution < -0.4 is 4.74 Å². The number of hydrogen-bond acceptors (Lipinski definition) is 3. The molecule has 0 aromatic heterocycles. The van der Waals surface area contributed by atoms with Crippen molar-refractivity contribution in [2.75, 3.05) is 7.11 Å². The first kappa shape index (κ1) is 13.7. The van der Waals surface area contributed by atoms with Crippen molar-refractivity contribution in [2.24, 2.45) is 5.92 Å². The Balaban J connectivity index is 2.18. The Labute approximate surface area is 118 Å². The Bertz CT molecular complexity index is 556. The summed E-state index contributed by atoms with van der Waals surface area (Å²) in [5.74, 6) is 0.763. The zero-order valence-electron chi connectivity index (χ0n) is 10.7. The van der Waals surface area contributed by atoms with Crippen molar-refractivity contribution in [3.63, 3.8) is 0 Å². The molecule has 0 bridgehead atoms. The third-order valence-corrected chi connectivity index (χ3v) is 3.35. The number of ether oxygens (including phenoxy) is 1. The maximum Gasteiger partial charge on any atom is 0.190 e. The summed E-state index contributed by atoms with van der Waals surface area (Å²) in [6, 6.07) is 5.37. The van der Waals surface area contributed by atoms with Gasteiger partial charge in [0.15, 0.2) is 5.78 Å². The smallest absolute Gasteiger partial charge is 0.190 e. The zero-order valence-corrected chi connectivity index (χ0v) is 11.6. The average molecular weight is 272 g/mol. The number of methoxy groups -OCH3 is 1. The summed E-state index contributed by atoms with van der Waals surface area (Å²) in [6.07, 6.45) is 12.6. The second-order valence-electron chi connectivity index (χ2n) is 4.29. The molecular formula is C16H16O2S. The van der Waals surface area contributed by atoms with Gasteiger partial charge >= 0.3 is 0 Å². The molecule has 2 nitrogen and oxygen atoms in total. The van der Waals surface area contributed by atoms with Crippen molar-refractivity contribution in [2.45, 2.75) is 11.3 Å². The van der Waals surface area contributed by atoms with E-state index in [-0.39, 0.29) is 11.7 Å². The molecule has 0 N–H and O–H groups in total. The summed E-state index contributed by atoms with van der Waals surface area (Å²) in [7, 11) is 1.55. The van der Waals surface area contributed by atoms with Gasteiger partial charge in [0.1, 0.15) is 5.75 Å². The van der Waals surface area contributed by atoms with Crippen LogP contribution in [0.1, 0.15) is 16.8 Å². The molecule has 0 aliphatic heterocycles. The van der Waals surface area contributed by atoms with Crippen molar-refractivity contribution >= 4 is 18.4 Å². The summed E-state index contributed by atoms with van der Waals surface area (Å²) in [5, 5.41) is 0. The number of carbonyl (C=O) groups is 1. The Morgan fingerprint density at radius 2 is 2.26 bits per heavy atom. The second-order valence-corrected chi connectivity index (χ2v) is 4.77. The van der Waals surface area contributed by atoms with E-state index in [1.54, 1.807) is 25.3 Å². The molecule has 0 saturated carbocycles. The van der Waals surface area contributed by atoms with Gasteiger partial charge in [0.25, 0.3) is 0 Å². The summed E-state index contributed by atoms with van der Waals surface area (Å²) < 4.78 is 5.21. The van der Waals surface area contributed by atoms with E-state index in [0.717, 1.165) is 6.42 Å². The van der Waals surface area contributed by atoms with Crippen LogP contribution in [0.5, 0.6) is 5.75 Å². The van der Waals surface area contributed by atoms with E-state index in [1.165, 1.54) is 0 Å². The van der Waals surface area contributed by atoms with E-state index in [0.29, 0.717) is 16.2 Å². The normalized spacial score (nSPS) is 17.9. The highest BCUT2D eigenvalue weighted by Gasteiger charge is 2.13. The summed E-state index contributed by atoms with van der Waals surface area (Å²) in [4.78, 5) is 12.9. The Morgan fingerprint density at radius 3 is 2.95 bits per heavy atom. The molecule has 98 valence electrons. The van der Waals surface area contributed by atoms with Gasteiger partial charge in [-0.15, -0.1) is 12.6 Å². The van der Waals surface area contributed by atoms with Gasteiger partial charge in [-0.05, 0) is 30.5 Å². The quantitative estimate of drug-likeness (QED) is 0.512. The molecule has 0 heterocycles. The van der Waals surface area contributed by atoms with Crippen molar-refractivity contribution in [1.82, 2.24) is 0 Å². The molecule has 19 heavy (non-hydrogen) atoms. The lowest BCUT2D eigenvalue weighted by Crippen LogP contribution is -2.02. The predicted molar refractivity (Wildman–Crippen MR) is 80.1 cm³/mol. The van der Waals surface area contributed by atoms with E-state index in [2.05, 4.69) is 24.8 Å². The van der Waals surface area contributed by atoms with Crippen LogP contribution in [0.2, 0.25) is 0 Å². The summed E-state index contributed by atoms with van der Waals surface area (Å²) >= 11 is 4.32. The zero-order chi connectivity index (χ0) is 13.7. The van der Waals surface area contributed by atoms with Gasteiger partial charge in [-0.2, -0.15) is 0 Å². The van der Waals surface area contributed by atoms with E-state index < -0.39 is 0 Å². The lowest BCUT2D eigenvalue weighted by molar-refractivity contribution is 0.104. The van der Waals surface area contributed by atoms with Crippen LogP contribution in [0.4, 0.5) is 0 Å². The Hall–Kier alpha value is -1.74. The highest BCUT2D eigenvalue weighted by molar-refractivity contribution is 7.80. The van der Waals surface area contributed by atoms with Gasteiger partial charge in [-0.25, -0.2) is 0 Å². The molecule has 2 rings (SSSR count). The number of allylic oxidation sites excluding steroid dienone is 6. The number of rotatable bonds is 4. The first-order valence-corrected chi connectivity index (χ1v) is 6.59. The molecule has 0 radical (unpaired) electrons. The molecule has 0 fully saturated rings.